The van der Waals surface area contributed by atoms with Gasteiger partial charge < -0.3 is 10.1 Å². The molecule has 0 radical (unpaired) electrons. The predicted octanol–water partition coefficient (Wildman–Crippen LogP) is 3.22. The van der Waals surface area contributed by atoms with Crippen molar-refractivity contribution in [2.24, 2.45) is 0 Å². The zero-order valence-corrected chi connectivity index (χ0v) is 17.6. The molecule has 0 aliphatic rings. The van der Waals surface area contributed by atoms with Crippen molar-refractivity contribution in [3.8, 4) is 5.75 Å². The van der Waals surface area contributed by atoms with Crippen molar-refractivity contribution in [1.29, 1.82) is 0 Å². The maximum Gasteiger partial charge on any atom is 0.251 e. The van der Waals surface area contributed by atoms with E-state index in [0.29, 0.717) is 24.3 Å². The van der Waals surface area contributed by atoms with Gasteiger partial charge in [-0.2, -0.15) is 0 Å². The molecule has 158 valence electrons. The molecule has 9 heteroatoms. The van der Waals surface area contributed by atoms with Crippen LogP contribution in [0.25, 0.3) is 0 Å². The third-order valence-electron chi connectivity index (χ3n) is 4.14. The highest BCUT2D eigenvalue weighted by Crippen LogP contribution is 2.13. The summed E-state index contributed by atoms with van der Waals surface area (Å²) < 4.78 is 45.5. The average Bonchev–Trinajstić information content (AvgIpc) is 3.26. The smallest absolute Gasteiger partial charge is 0.251 e. The molecule has 0 saturated heterocycles. The zero-order chi connectivity index (χ0) is 21.4. The summed E-state index contributed by atoms with van der Waals surface area (Å²) in [5.74, 6) is -0.182. The summed E-state index contributed by atoms with van der Waals surface area (Å²) in [5.41, 5.74) is 0.342. The SMILES string of the molecule is O=C(NCCOc1ccc(F)cc1)c1ccc(S(=O)(=O)NCCc2cccs2)cc1. The van der Waals surface area contributed by atoms with Crippen LogP contribution >= 0.6 is 11.3 Å². The molecule has 30 heavy (non-hydrogen) atoms. The Kier molecular flexibility index (Phi) is 7.56. The van der Waals surface area contributed by atoms with Crippen LogP contribution in [0.5, 0.6) is 5.75 Å². The number of nitrogens with one attached hydrogen (secondary N) is 2. The number of thiophene rings is 1. The summed E-state index contributed by atoms with van der Waals surface area (Å²) in [6, 6.07) is 15.2. The van der Waals surface area contributed by atoms with E-state index in [0.717, 1.165) is 4.88 Å². The normalized spacial score (nSPS) is 11.2. The second-order valence-electron chi connectivity index (χ2n) is 6.31. The molecule has 0 atom stereocenters. The molecule has 3 aromatic rings. The van der Waals surface area contributed by atoms with E-state index in [1.165, 1.54) is 48.5 Å². The topological polar surface area (TPSA) is 84.5 Å². The summed E-state index contributed by atoms with van der Waals surface area (Å²) in [6.45, 7) is 0.775. The van der Waals surface area contributed by atoms with Gasteiger partial charge in [0.05, 0.1) is 11.4 Å². The average molecular weight is 449 g/mol. The molecule has 1 heterocycles. The molecular weight excluding hydrogens is 427 g/mol. The van der Waals surface area contributed by atoms with Gasteiger partial charge in [-0.25, -0.2) is 17.5 Å². The van der Waals surface area contributed by atoms with Gasteiger partial charge in [0.1, 0.15) is 18.2 Å². The molecule has 0 aliphatic carbocycles. The number of carbonyl (C=O) groups excluding carboxylic acids is 1. The number of benzene rings is 2. The van der Waals surface area contributed by atoms with Gasteiger partial charge in [-0.05, 0) is 66.4 Å². The van der Waals surface area contributed by atoms with Crippen molar-refractivity contribution in [3.05, 3.63) is 82.3 Å². The molecule has 0 spiro atoms. The highest BCUT2D eigenvalue weighted by Gasteiger charge is 2.14. The molecule has 1 amide bonds. The van der Waals surface area contributed by atoms with Gasteiger partial charge in [0.2, 0.25) is 10.0 Å². The van der Waals surface area contributed by atoms with E-state index in [9.17, 15) is 17.6 Å². The lowest BCUT2D eigenvalue weighted by molar-refractivity contribution is 0.0947. The fraction of sp³-hybridized carbons (Fsp3) is 0.190. The summed E-state index contributed by atoms with van der Waals surface area (Å²) in [5, 5.41) is 4.63. The monoisotopic (exact) mass is 448 g/mol. The minimum Gasteiger partial charge on any atom is -0.492 e. The van der Waals surface area contributed by atoms with E-state index in [4.69, 9.17) is 4.74 Å². The standard InChI is InChI=1S/C21H21FN2O4S2/c22-17-5-7-18(8-6-17)28-14-13-23-21(25)16-3-9-20(10-4-16)30(26,27)24-12-11-19-2-1-15-29-19/h1-10,15,24H,11-14H2,(H,23,25). The van der Waals surface area contributed by atoms with Crippen LogP contribution in [0, 0.1) is 5.82 Å². The second kappa shape index (κ2) is 10.3. The van der Waals surface area contributed by atoms with Crippen molar-refractivity contribution < 1.29 is 22.3 Å². The van der Waals surface area contributed by atoms with Crippen LogP contribution in [0.15, 0.2) is 70.9 Å². The van der Waals surface area contributed by atoms with E-state index in [2.05, 4.69) is 10.0 Å². The largest absolute Gasteiger partial charge is 0.492 e. The number of hydrogen-bond acceptors (Lipinski definition) is 5. The first-order chi connectivity index (χ1) is 14.4. The number of sulfonamides is 1. The molecule has 0 bridgehead atoms. The number of amides is 1. The lowest BCUT2D eigenvalue weighted by Crippen LogP contribution is -2.28. The molecule has 0 fully saturated rings. The Balaban J connectivity index is 1.45. The molecule has 6 nitrogen and oxygen atoms in total. The lowest BCUT2D eigenvalue weighted by atomic mass is 10.2. The molecule has 0 saturated carbocycles. The first-order valence-corrected chi connectivity index (χ1v) is 11.6. The van der Waals surface area contributed by atoms with Gasteiger partial charge in [0.25, 0.3) is 5.91 Å². The summed E-state index contributed by atoms with van der Waals surface area (Å²) in [6.07, 6.45) is 0.622. The highest BCUT2D eigenvalue weighted by atomic mass is 32.2. The van der Waals surface area contributed by atoms with Crippen LogP contribution in [0.1, 0.15) is 15.2 Å². The highest BCUT2D eigenvalue weighted by molar-refractivity contribution is 7.89. The van der Waals surface area contributed by atoms with Gasteiger partial charge in [-0.3, -0.25) is 4.79 Å². The second-order valence-corrected chi connectivity index (χ2v) is 9.11. The number of rotatable bonds is 10. The lowest BCUT2D eigenvalue weighted by Gasteiger charge is -2.09. The Morgan fingerprint density at radius 3 is 2.40 bits per heavy atom. The van der Waals surface area contributed by atoms with Crippen LogP contribution in [-0.4, -0.2) is 34.0 Å². The summed E-state index contributed by atoms with van der Waals surface area (Å²) in [4.78, 5) is 13.4. The maximum absolute atomic E-state index is 12.8. The Labute approximate surface area is 178 Å². The van der Waals surface area contributed by atoms with E-state index in [-0.39, 0.29) is 29.8 Å². The van der Waals surface area contributed by atoms with Crippen LogP contribution < -0.4 is 14.8 Å². The number of carbonyl (C=O) groups is 1. The van der Waals surface area contributed by atoms with Gasteiger partial charge in [0, 0.05) is 17.0 Å². The molecule has 2 N–H and O–H groups in total. The quantitative estimate of drug-likeness (QED) is 0.467. The fourth-order valence-corrected chi connectivity index (χ4v) is 4.34. The van der Waals surface area contributed by atoms with Gasteiger partial charge in [0.15, 0.2) is 0 Å². The minimum atomic E-state index is -3.63. The van der Waals surface area contributed by atoms with Crippen LogP contribution in [0.4, 0.5) is 4.39 Å². The van der Waals surface area contributed by atoms with Crippen molar-refractivity contribution in [2.75, 3.05) is 19.7 Å². The van der Waals surface area contributed by atoms with Crippen LogP contribution in [0.2, 0.25) is 0 Å². The summed E-state index contributed by atoms with van der Waals surface area (Å²) in [7, 11) is -3.63. The van der Waals surface area contributed by atoms with E-state index in [1.807, 2.05) is 17.5 Å². The van der Waals surface area contributed by atoms with Crippen molar-refractivity contribution in [3.63, 3.8) is 0 Å². The molecule has 3 rings (SSSR count). The fourth-order valence-electron chi connectivity index (χ4n) is 2.60. The van der Waals surface area contributed by atoms with Gasteiger partial charge >= 0.3 is 0 Å². The molecule has 0 unspecified atom stereocenters. The van der Waals surface area contributed by atoms with Crippen LogP contribution in [0.3, 0.4) is 0 Å². The van der Waals surface area contributed by atoms with Gasteiger partial charge in [-0.1, -0.05) is 6.07 Å². The predicted molar refractivity (Wildman–Crippen MR) is 114 cm³/mol. The van der Waals surface area contributed by atoms with Gasteiger partial charge in [-0.15, -0.1) is 11.3 Å². The molecule has 2 aromatic carbocycles. The Bertz CT molecular complexity index is 1050. The Hall–Kier alpha value is -2.75. The van der Waals surface area contributed by atoms with Crippen molar-refractivity contribution in [2.45, 2.75) is 11.3 Å². The Morgan fingerprint density at radius 1 is 1.00 bits per heavy atom. The molecular formula is C21H21FN2O4S2. The van der Waals surface area contributed by atoms with Crippen molar-refractivity contribution in [1.82, 2.24) is 10.0 Å². The van der Waals surface area contributed by atoms with E-state index in [1.54, 1.807) is 11.3 Å². The molecule has 0 aliphatic heterocycles. The van der Waals surface area contributed by atoms with Crippen molar-refractivity contribution >= 4 is 27.3 Å². The maximum atomic E-state index is 12.8. The summed E-state index contributed by atoms with van der Waals surface area (Å²) >= 11 is 1.58. The molecule has 1 aromatic heterocycles. The first kappa shape index (κ1) is 21.9. The number of halogens is 1. The first-order valence-electron chi connectivity index (χ1n) is 9.23. The number of hydrogen-bond donors (Lipinski definition) is 2. The van der Waals surface area contributed by atoms with Crippen LogP contribution in [-0.2, 0) is 16.4 Å². The Morgan fingerprint density at radius 2 is 1.73 bits per heavy atom. The third-order valence-corrected chi connectivity index (χ3v) is 6.55. The van der Waals surface area contributed by atoms with E-state index < -0.39 is 10.0 Å². The zero-order valence-electron chi connectivity index (χ0n) is 16.0. The minimum absolute atomic E-state index is 0.102. The third kappa shape index (κ3) is 6.38. The number of ether oxygens (including phenoxy) is 1. The van der Waals surface area contributed by atoms with E-state index >= 15 is 0 Å².